The van der Waals surface area contributed by atoms with E-state index in [-0.39, 0.29) is 16.8 Å². The molecule has 0 saturated heterocycles. The standard InChI is InChI=1S/C18H12O2S/c19-16-12-8-4-5-9-13(12)17(20)18-14(16)10-15(21-18)11-6-2-1-3-7-11/h1-9,15H,10H2. The summed E-state index contributed by atoms with van der Waals surface area (Å²) in [5, 5.41) is 0.165. The van der Waals surface area contributed by atoms with E-state index >= 15 is 0 Å². The Balaban J connectivity index is 1.74. The molecule has 0 fully saturated rings. The summed E-state index contributed by atoms with van der Waals surface area (Å²) in [5.41, 5.74) is 2.96. The van der Waals surface area contributed by atoms with Gasteiger partial charge in [0.2, 0.25) is 5.78 Å². The zero-order valence-electron chi connectivity index (χ0n) is 11.2. The van der Waals surface area contributed by atoms with Crippen LogP contribution >= 0.6 is 11.8 Å². The van der Waals surface area contributed by atoms with Crippen LogP contribution in [0.5, 0.6) is 0 Å². The minimum absolute atomic E-state index is 0.00336. The van der Waals surface area contributed by atoms with Gasteiger partial charge in [0.15, 0.2) is 5.78 Å². The van der Waals surface area contributed by atoms with E-state index in [1.54, 1.807) is 12.1 Å². The molecule has 0 bridgehead atoms. The van der Waals surface area contributed by atoms with Gasteiger partial charge in [-0.3, -0.25) is 9.59 Å². The highest BCUT2D eigenvalue weighted by molar-refractivity contribution is 8.04. The largest absolute Gasteiger partial charge is 0.289 e. The molecule has 1 atom stereocenters. The van der Waals surface area contributed by atoms with Gasteiger partial charge in [-0.05, 0) is 12.0 Å². The third-order valence-corrected chi connectivity index (χ3v) is 5.38. The minimum atomic E-state index is 0.00336. The average molecular weight is 292 g/mol. The van der Waals surface area contributed by atoms with E-state index in [9.17, 15) is 9.59 Å². The normalized spacial score (nSPS) is 20.5. The number of ketones is 2. The van der Waals surface area contributed by atoms with E-state index in [0.29, 0.717) is 28.0 Å². The fraction of sp³-hybridized carbons (Fsp3) is 0.111. The molecule has 102 valence electrons. The number of Topliss-reactive ketones (excluding diaryl/α,β-unsaturated/α-hetero) is 2. The molecule has 2 aliphatic rings. The number of hydrogen-bond acceptors (Lipinski definition) is 3. The van der Waals surface area contributed by atoms with Crippen LogP contribution < -0.4 is 0 Å². The molecule has 0 radical (unpaired) electrons. The quantitative estimate of drug-likeness (QED) is 0.790. The Morgan fingerprint density at radius 3 is 2.14 bits per heavy atom. The summed E-state index contributed by atoms with van der Waals surface area (Å²) in [7, 11) is 0. The number of carbonyl (C=O) groups is 2. The summed E-state index contributed by atoms with van der Waals surface area (Å²) in [5.74, 6) is 0.0229. The van der Waals surface area contributed by atoms with Crippen molar-refractivity contribution >= 4 is 23.3 Å². The summed E-state index contributed by atoms with van der Waals surface area (Å²) in [6.07, 6.45) is 0.642. The summed E-state index contributed by atoms with van der Waals surface area (Å²) < 4.78 is 0. The third-order valence-electron chi connectivity index (χ3n) is 3.99. The summed E-state index contributed by atoms with van der Waals surface area (Å²) in [6.45, 7) is 0. The van der Waals surface area contributed by atoms with Crippen molar-refractivity contribution in [2.45, 2.75) is 11.7 Å². The molecule has 0 spiro atoms. The number of hydrogen-bond donors (Lipinski definition) is 0. The molecular weight excluding hydrogens is 280 g/mol. The number of benzene rings is 2. The molecule has 2 aromatic rings. The van der Waals surface area contributed by atoms with Gasteiger partial charge in [0.1, 0.15) is 0 Å². The summed E-state index contributed by atoms with van der Waals surface area (Å²) in [4.78, 5) is 25.8. The number of allylic oxidation sites excluding steroid dienone is 2. The van der Waals surface area contributed by atoms with Gasteiger partial charge in [0.25, 0.3) is 0 Å². The Hall–Kier alpha value is -2.13. The van der Waals surface area contributed by atoms with Gasteiger partial charge in [-0.1, -0.05) is 54.6 Å². The molecular formula is C18H12O2S. The number of rotatable bonds is 1. The van der Waals surface area contributed by atoms with Crippen molar-refractivity contribution in [1.82, 2.24) is 0 Å². The molecule has 0 saturated carbocycles. The average Bonchev–Trinajstić information content (AvgIpc) is 2.99. The lowest BCUT2D eigenvalue weighted by molar-refractivity contribution is 0.0980. The first kappa shape index (κ1) is 12.6. The molecule has 1 aliphatic heterocycles. The summed E-state index contributed by atoms with van der Waals surface area (Å²) in [6, 6.07) is 17.2. The van der Waals surface area contributed by atoms with Crippen LogP contribution in [-0.4, -0.2) is 11.6 Å². The second kappa shape index (κ2) is 4.71. The highest BCUT2D eigenvalue weighted by Crippen LogP contribution is 2.51. The van der Waals surface area contributed by atoms with Gasteiger partial charge in [0.05, 0.1) is 4.91 Å². The Bertz CT molecular complexity index is 743. The van der Waals surface area contributed by atoms with Crippen LogP contribution in [0.15, 0.2) is 65.1 Å². The Morgan fingerprint density at radius 1 is 0.810 bits per heavy atom. The molecule has 0 amide bonds. The number of thioether (sulfide) groups is 1. The molecule has 4 rings (SSSR count). The molecule has 2 aromatic carbocycles. The van der Waals surface area contributed by atoms with Gasteiger partial charge in [0, 0.05) is 21.9 Å². The van der Waals surface area contributed by atoms with Crippen molar-refractivity contribution in [3.63, 3.8) is 0 Å². The number of carbonyl (C=O) groups excluding carboxylic acids is 2. The van der Waals surface area contributed by atoms with Gasteiger partial charge < -0.3 is 0 Å². The van der Waals surface area contributed by atoms with Gasteiger partial charge >= 0.3 is 0 Å². The maximum atomic E-state index is 12.6. The zero-order chi connectivity index (χ0) is 14.4. The Kier molecular flexibility index (Phi) is 2.82. The first-order valence-electron chi connectivity index (χ1n) is 6.89. The van der Waals surface area contributed by atoms with Crippen molar-refractivity contribution in [3.05, 3.63) is 81.8 Å². The van der Waals surface area contributed by atoms with Crippen LogP contribution in [0, 0.1) is 0 Å². The van der Waals surface area contributed by atoms with Gasteiger partial charge in [-0.25, -0.2) is 0 Å². The van der Waals surface area contributed by atoms with Crippen molar-refractivity contribution < 1.29 is 9.59 Å². The van der Waals surface area contributed by atoms with Crippen LogP contribution in [-0.2, 0) is 0 Å². The van der Waals surface area contributed by atoms with Crippen molar-refractivity contribution in [1.29, 1.82) is 0 Å². The minimum Gasteiger partial charge on any atom is -0.289 e. The third kappa shape index (κ3) is 1.88. The van der Waals surface area contributed by atoms with E-state index < -0.39 is 0 Å². The van der Waals surface area contributed by atoms with Crippen LogP contribution in [0.2, 0.25) is 0 Å². The molecule has 2 nitrogen and oxygen atoms in total. The molecule has 0 aromatic heterocycles. The SMILES string of the molecule is O=C1C2=C(SC(c3ccccc3)C2)C(=O)c2ccccc21. The van der Waals surface area contributed by atoms with Gasteiger partial charge in [-0.2, -0.15) is 0 Å². The van der Waals surface area contributed by atoms with Crippen molar-refractivity contribution in [2.24, 2.45) is 0 Å². The molecule has 1 aliphatic carbocycles. The molecule has 21 heavy (non-hydrogen) atoms. The second-order valence-corrected chi connectivity index (χ2v) is 6.45. The maximum Gasteiger partial charge on any atom is 0.200 e. The highest BCUT2D eigenvalue weighted by Gasteiger charge is 2.39. The molecule has 3 heteroatoms. The van der Waals surface area contributed by atoms with Crippen molar-refractivity contribution in [3.8, 4) is 0 Å². The van der Waals surface area contributed by atoms with E-state index in [1.165, 1.54) is 17.3 Å². The fourth-order valence-electron chi connectivity index (χ4n) is 2.94. The fourth-order valence-corrected chi connectivity index (χ4v) is 4.30. The zero-order valence-corrected chi connectivity index (χ0v) is 12.0. The van der Waals surface area contributed by atoms with Crippen LogP contribution in [0.3, 0.4) is 0 Å². The number of fused-ring (bicyclic) bond motifs is 1. The topological polar surface area (TPSA) is 34.1 Å². The Labute approximate surface area is 126 Å². The monoisotopic (exact) mass is 292 g/mol. The highest BCUT2D eigenvalue weighted by atomic mass is 32.2. The first-order chi connectivity index (χ1) is 10.3. The van der Waals surface area contributed by atoms with Crippen LogP contribution in [0.1, 0.15) is 38.0 Å². The van der Waals surface area contributed by atoms with Crippen LogP contribution in [0.4, 0.5) is 0 Å². The second-order valence-electron chi connectivity index (χ2n) is 5.23. The van der Waals surface area contributed by atoms with E-state index in [2.05, 4.69) is 12.1 Å². The lowest BCUT2D eigenvalue weighted by Gasteiger charge is -2.14. The van der Waals surface area contributed by atoms with E-state index in [4.69, 9.17) is 0 Å². The maximum absolute atomic E-state index is 12.6. The molecule has 0 N–H and O–H groups in total. The summed E-state index contributed by atoms with van der Waals surface area (Å²) >= 11 is 1.53. The predicted molar refractivity (Wildman–Crippen MR) is 83.5 cm³/mol. The molecule has 1 heterocycles. The van der Waals surface area contributed by atoms with E-state index in [1.807, 2.05) is 30.3 Å². The lowest BCUT2D eigenvalue weighted by Crippen LogP contribution is -2.18. The van der Waals surface area contributed by atoms with E-state index in [0.717, 1.165) is 0 Å². The molecule has 1 unspecified atom stereocenters. The smallest absolute Gasteiger partial charge is 0.200 e. The van der Waals surface area contributed by atoms with Gasteiger partial charge in [-0.15, -0.1) is 11.8 Å². The first-order valence-corrected chi connectivity index (χ1v) is 7.77. The lowest BCUT2D eigenvalue weighted by atomic mass is 9.87. The Morgan fingerprint density at radius 2 is 1.43 bits per heavy atom. The predicted octanol–water partition coefficient (Wildman–Crippen LogP) is 4.20. The van der Waals surface area contributed by atoms with Crippen molar-refractivity contribution in [2.75, 3.05) is 0 Å². The van der Waals surface area contributed by atoms with Crippen LogP contribution in [0.25, 0.3) is 0 Å².